The van der Waals surface area contributed by atoms with E-state index in [0.717, 1.165) is 42.4 Å². The van der Waals surface area contributed by atoms with Gasteiger partial charge in [-0.05, 0) is 20.3 Å². The van der Waals surface area contributed by atoms with Crippen LogP contribution in [-0.4, -0.2) is 48.0 Å². The average molecular weight is 293 g/mol. The lowest BCUT2D eigenvalue weighted by atomic mass is 10.2. The molecule has 0 aliphatic rings. The Bertz CT molecular complexity index is 473. The normalized spacial score (nSPS) is 10.3. The van der Waals surface area contributed by atoms with Crippen LogP contribution >= 0.6 is 0 Å². The Balaban J connectivity index is 2.81. The maximum absolute atomic E-state index is 11.6. The minimum Gasteiger partial charge on any atom is -0.370 e. The van der Waals surface area contributed by atoms with E-state index in [0.29, 0.717) is 13.0 Å². The number of anilines is 2. The SMILES string of the molecule is CCCc1nc(NCC)c(C)c(NCCC(=O)N(C)C)n1. The van der Waals surface area contributed by atoms with Crippen molar-refractivity contribution < 1.29 is 4.79 Å². The molecule has 1 rings (SSSR count). The topological polar surface area (TPSA) is 70.2 Å². The Morgan fingerprint density at radius 2 is 1.76 bits per heavy atom. The van der Waals surface area contributed by atoms with Crippen LogP contribution in [0, 0.1) is 6.92 Å². The molecule has 21 heavy (non-hydrogen) atoms. The second-order valence-electron chi connectivity index (χ2n) is 5.21. The van der Waals surface area contributed by atoms with Gasteiger partial charge in [-0.1, -0.05) is 6.92 Å². The maximum atomic E-state index is 11.6. The van der Waals surface area contributed by atoms with E-state index in [1.54, 1.807) is 19.0 Å². The molecule has 0 saturated carbocycles. The summed E-state index contributed by atoms with van der Waals surface area (Å²) in [7, 11) is 3.53. The monoisotopic (exact) mass is 293 g/mol. The molecule has 1 aromatic heterocycles. The van der Waals surface area contributed by atoms with Crippen LogP contribution in [0.3, 0.4) is 0 Å². The lowest BCUT2D eigenvalue weighted by Crippen LogP contribution is -2.24. The fourth-order valence-electron chi connectivity index (χ4n) is 1.92. The van der Waals surface area contributed by atoms with Crippen molar-refractivity contribution in [3.63, 3.8) is 0 Å². The van der Waals surface area contributed by atoms with Gasteiger partial charge in [0, 0.05) is 45.6 Å². The zero-order chi connectivity index (χ0) is 15.8. The smallest absolute Gasteiger partial charge is 0.223 e. The summed E-state index contributed by atoms with van der Waals surface area (Å²) in [6.07, 6.45) is 2.31. The first-order valence-corrected chi connectivity index (χ1v) is 7.55. The number of rotatable bonds is 8. The Kier molecular flexibility index (Phi) is 6.91. The molecule has 0 bridgehead atoms. The Labute approximate surface area is 127 Å². The van der Waals surface area contributed by atoms with Gasteiger partial charge in [-0.2, -0.15) is 0 Å². The standard InChI is InChI=1S/C15H27N5O/c1-6-8-12-18-14(16-7-2)11(3)15(19-12)17-10-9-13(21)20(4)5/h6-10H2,1-5H3,(H2,16,17,18,19). The second-order valence-corrected chi connectivity index (χ2v) is 5.21. The fraction of sp³-hybridized carbons (Fsp3) is 0.667. The van der Waals surface area contributed by atoms with E-state index in [4.69, 9.17) is 0 Å². The van der Waals surface area contributed by atoms with E-state index in [1.807, 2.05) is 13.8 Å². The summed E-state index contributed by atoms with van der Waals surface area (Å²) >= 11 is 0. The van der Waals surface area contributed by atoms with Gasteiger partial charge in [-0.25, -0.2) is 9.97 Å². The van der Waals surface area contributed by atoms with Crippen LogP contribution in [0.1, 0.15) is 38.1 Å². The van der Waals surface area contributed by atoms with Gasteiger partial charge in [0.15, 0.2) is 0 Å². The number of carbonyl (C=O) groups is 1. The average Bonchev–Trinajstić information content (AvgIpc) is 2.43. The van der Waals surface area contributed by atoms with Gasteiger partial charge < -0.3 is 15.5 Å². The molecule has 1 heterocycles. The molecule has 0 fully saturated rings. The largest absolute Gasteiger partial charge is 0.370 e. The van der Waals surface area contributed by atoms with Crippen molar-refractivity contribution in [3.05, 3.63) is 11.4 Å². The third-order valence-electron chi connectivity index (χ3n) is 3.14. The van der Waals surface area contributed by atoms with Gasteiger partial charge in [0.25, 0.3) is 0 Å². The first-order valence-electron chi connectivity index (χ1n) is 7.55. The third-order valence-corrected chi connectivity index (χ3v) is 3.14. The highest BCUT2D eigenvalue weighted by atomic mass is 16.2. The second kappa shape index (κ2) is 8.44. The quantitative estimate of drug-likeness (QED) is 0.768. The maximum Gasteiger partial charge on any atom is 0.223 e. The van der Waals surface area contributed by atoms with E-state index in [9.17, 15) is 4.79 Å². The Morgan fingerprint density at radius 1 is 1.14 bits per heavy atom. The van der Waals surface area contributed by atoms with Gasteiger partial charge in [0.05, 0.1) is 0 Å². The number of hydrogen-bond acceptors (Lipinski definition) is 5. The van der Waals surface area contributed by atoms with Crippen molar-refractivity contribution >= 4 is 17.5 Å². The highest BCUT2D eigenvalue weighted by molar-refractivity contribution is 5.76. The van der Waals surface area contributed by atoms with E-state index in [1.165, 1.54) is 0 Å². The highest BCUT2D eigenvalue weighted by Crippen LogP contribution is 2.20. The van der Waals surface area contributed by atoms with Crippen LogP contribution in [0.5, 0.6) is 0 Å². The number of aryl methyl sites for hydroxylation is 1. The number of amides is 1. The molecule has 0 spiro atoms. The van der Waals surface area contributed by atoms with Crippen molar-refractivity contribution in [2.24, 2.45) is 0 Å². The molecule has 6 nitrogen and oxygen atoms in total. The van der Waals surface area contributed by atoms with Gasteiger partial charge in [-0.15, -0.1) is 0 Å². The number of carbonyl (C=O) groups excluding carboxylic acids is 1. The first kappa shape index (κ1) is 17.2. The molecule has 0 radical (unpaired) electrons. The minimum atomic E-state index is 0.106. The van der Waals surface area contributed by atoms with Crippen molar-refractivity contribution in [1.29, 1.82) is 0 Å². The van der Waals surface area contributed by atoms with Crippen LogP contribution in [-0.2, 0) is 11.2 Å². The van der Waals surface area contributed by atoms with Crippen molar-refractivity contribution in [3.8, 4) is 0 Å². The zero-order valence-electron chi connectivity index (χ0n) is 13.8. The number of nitrogens with one attached hydrogen (secondary N) is 2. The van der Waals surface area contributed by atoms with Crippen LogP contribution in [0.15, 0.2) is 0 Å². The predicted molar refractivity (Wildman–Crippen MR) is 86.7 cm³/mol. The molecule has 1 aromatic rings. The molecule has 0 saturated heterocycles. The summed E-state index contributed by atoms with van der Waals surface area (Å²) in [6, 6.07) is 0. The van der Waals surface area contributed by atoms with Crippen LogP contribution < -0.4 is 10.6 Å². The molecule has 0 unspecified atom stereocenters. The van der Waals surface area contributed by atoms with Crippen molar-refractivity contribution in [2.75, 3.05) is 37.8 Å². The molecular weight excluding hydrogens is 266 g/mol. The number of hydrogen-bond donors (Lipinski definition) is 2. The van der Waals surface area contributed by atoms with E-state index < -0.39 is 0 Å². The minimum absolute atomic E-state index is 0.106. The lowest BCUT2D eigenvalue weighted by Gasteiger charge is -2.15. The fourth-order valence-corrected chi connectivity index (χ4v) is 1.92. The molecule has 0 aliphatic heterocycles. The predicted octanol–water partition coefficient (Wildman–Crippen LogP) is 2.06. The Morgan fingerprint density at radius 3 is 2.29 bits per heavy atom. The number of nitrogens with zero attached hydrogens (tertiary/aromatic N) is 3. The molecule has 2 N–H and O–H groups in total. The molecule has 118 valence electrons. The Hall–Kier alpha value is -1.85. The van der Waals surface area contributed by atoms with E-state index in [-0.39, 0.29) is 5.91 Å². The summed E-state index contributed by atoms with van der Waals surface area (Å²) in [5.74, 6) is 2.63. The summed E-state index contributed by atoms with van der Waals surface area (Å²) in [6.45, 7) is 7.54. The molecule has 6 heteroatoms. The zero-order valence-corrected chi connectivity index (χ0v) is 13.8. The van der Waals surface area contributed by atoms with Gasteiger partial charge in [-0.3, -0.25) is 4.79 Å². The van der Waals surface area contributed by atoms with Crippen molar-refractivity contribution in [1.82, 2.24) is 14.9 Å². The number of aromatic nitrogens is 2. The highest BCUT2D eigenvalue weighted by Gasteiger charge is 2.11. The summed E-state index contributed by atoms with van der Waals surface area (Å²) < 4.78 is 0. The van der Waals surface area contributed by atoms with E-state index in [2.05, 4.69) is 27.5 Å². The first-order chi connectivity index (χ1) is 9.99. The van der Waals surface area contributed by atoms with Crippen molar-refractivity contribution in [2.45, 2.75) is 40.0 Å². The summed E-state index contributed by atoms with van der Waals surface area (Å²) in [5, 5.41) is 6.52. The lowest BCUT2D eigenvalue weighted by molar-refractivity contribution is -0.128. The van der Waals surface area contributed by atoms with Gasteiger partial charge >= 0.3 is 0 Å². The van der Waals surface area contributed by atoms with Crippen LogP contribution in [0.25, 0.3) is 0 Å². The third kappa shape index (κ3) is 5.21. The molecule has 1 amide bonds. The molecule has 0 atom stereocenters. The molecule has 0 aromatic carbocycles. The van der Waals surface area contributed by atoms with E-state index >= 15 is 0 Å². The summed E-state index contributed by atoms with van der Waals surface area (Å²) in [4.78, 5) is 22.3. The van der Waals surface area contributed by atoms with Crippen LogP contribution in [0.2, 0.25) is 0 Å². The molecule has 0 aliphatic carbocycles. The van der Waals surface area contributed by atoms with Gasteiger partial charge in [0.1, 0.15) is 17.5 Å². The summed E-state index contributed by atoms with van der Waals surface area (Å²) in [5.41, 5.74) is 0.994. The molecular formula is C15H27N5O. The van der Waals surface area contributed by atoms with Gasteiger partial charge in [0.2, 0.25) is 5.91 Å². The van der Waals surface area contributed by atoms with Crippen LogP contribution in [0.4, 0.5) is 11.6 Å².